The quantitative estimate of drug-likeness (QED) is 0.157. The lowest BCUT2D eigenvalue weighted by Gasteiger charge is -2.14. The molecule has 0 spiro atoms. The Morgan fingerprint density at radius 3 is 2.07 bits per heavy atom. The molecule has 5 aromatic rings. The molecule has 0 bridgehead atoms. The summed E-state index contributed by atoms with van der Waals surface area (Å²) in [5.74, 6) is -0.231. The van der Waals surface area contributed by atoms with Crippen molar-refractivity contribution in [3.8, 4) is 22.5 Å². The van der Waals surface area contributed by atoms with Crippen molar-refractivity contribution in [1.29, 1.82) is 0 Å². The van der Waals surface area contributed by atoms with Gasteiger partial charge in [0, 0.05) is 29.2 Å². The molecule has 3 N–H and O–H groups in total. The number of amides is 1. The Morgan fingerprint density at radius 1 is 0.881 bits per heavy atom. The van der Waals surface area contributed by atoms with Crippen LogP contribution >= 0.6 is 11.8 Å². The zero-order valence-electron chi connectivity index (χ0n) is 23.3. The Balaban J connectivity index is 1.32. The highest BCUT2D eigenvalue weighted by Gasteiger charge is 2.23. The van der Waals surface area contributed by atoms with Gasteiger partial charge in [0.1, 0.15) is 0 Å². The van der Waals surface area contributed by atoms with Crippen molar-refractivity contribution in [2.24, 2.45) is 0 Å². The van der Waals surface area contributed by atoms with Gasteiger partial charge in [-0.1, -0.05) is 78.3 Å². The van der Waals surface area contributed by atoms with Crippen molar-refractivity contribution in [1.82, 2.24) is 19.9 Å². The van der Waals surface area contributed by atoms with Crippen LogP contribution in [0.5, 0.6) is 0 Å². The SMILES string of the molecule is CCC(Sc1nc(-c2ccc(C)cc2)c(-c2ccc(C)cc2)[nH]1)C(=O)Nc1ccc(S(=O)(=O)Nc2ncccn2)cc1. The molecule has 0 fully saturated rings. The zero-order valence-corrected chi connectivity index (χ0v) is 25.0. The maximum Gasteiger partial charge on any atom is 0.264 e. The molecule has 9 nitrogen and oxygen atoms in total. The highest BCUT2D eigenvalue weighted by molar-refractivity contribution is 8.00. The van der Waals surface area contributed by atoms with Gasteiger partial charge in [-0.15, -0.1) is 0 Å². The summed E-state index contributed by atoms with van der Waals surface area (Å²) in [6.07, 6.45) is 3.45. The van der Waals surface area contributed by atoms with E-state index in [2.05, 4.69) is 61.4 Å². The number of sulfonamides is 1. The van der Waals surface area contributed by atoms with Gasteiger partial charge in [-0.3, -0.25) is 4.79 Å². The van der Waals surface area contributed by atoms with E-state index in [-0.39, 0.29) is 16.8 Å². The second kappa shape index (κ2) is 12.6. The van der Waals surface area contributed by atoms with Crippen molar-refractivity contribution < 1.29 is 13.2 Å². The van der Waals surface area contributed by atoms with Gasteiger partial charge in [0.05, 0.1) is 21.5 Å². The number of hydrogen-bond donors (Lipinski definition) is 3. The van der Waals surface area contributed by atoms with Crippen molar-refractivity contribution >= 4 is 39.3 Å². The van der Waals surface area contributed by atoms with Gasteiger partial charge in [0.15, 0.2) is 5.16 Å². The standard InChI is InChI=1S/C31H30N6O3S2/c1-4-26(29(38)34-24-14-16-25(17-15-24)42(39,40)37-30-32-18-5-19-33-30)41-31-35-27(22-10-6-20(2)7-11-22)28(36-31)23-12-8-21(3)9-13-23/h5-19,26H,4H2,1-3H3,(H,34,38)(H,35,36)(H,32,33,37). The van der Waals surface area contributed by atoms with Gasteiger partial charge in [0.25, 0.3) is 10.0 Å². The number of nitrogens with zero attached hydrogens (tertiary/aromatic N) is 3. The molecule has 3 aromatic carbocycles. The van der Waals surface area contributed by atoms with Crippen LogP contribution in [0.2, 0.25) is 0 Å². The van der Waals surface area contributed by atoms with Crippen LogP contribution in [0.4, 0.5) is 11.6 Å². The van der Waals surface area contributed by atoms with Crippen molar-refractivity contribution in [2.75, 3.05) is 10.0 Å². The average Bonchev–Trinajstić information content (AvgIpc) is 3.41. The number of nitrogens with one attached hydrogen (secondary N) is 3. The highest BCUT2D eigenvalue weighted by atomic mass is 32.2. The topological polar surface area (TPSA) is 130 Å². The maximum absolute atomic E-state index is 13.3. The third kappa shape index (κ3) is 6.87. The van der Waals surface area contributed by atoms with Gasteiger partial charge in [-0.2, -0.15) is 0 Å². The van der Waals surface area contributed by atoms with Gasteiger partial charge < -0.3 is 10.3 Å². The van der Waals surface area contributed by atoms with Crippen molar-refractivity contribution in [3.63, 3.8) is 0 Å². The van der Waals surface area contributed by atoms with Crippen LogP contribution in [-0.2, 0) is 14.8 Å². The molecular weight excluding hydrogens is 569 g/mol. The fraction of sp³-hybridized carbons (Fsp3) is 0.161. The summed E-state index contributed by atoms with van der Waals surface area (Å²) in [6, 6.07) is 24.0. The minimum atomic E-state index is -3.88. The lowest BCUT2D eigenvalue weighted by atomic mass is 10.0. The number of hydrogen-bond acceptors (Lipinski definition) is 7. The summed E-state index contributed by atoms with van der Waals surface area (Å²) in [4.78, 5) is 29.4. The molecule has 42 heavy (non-hydrogen) atoms. The lowest BCUT2D eigenvalue weighted by molar-refractivity contribution is -0.115. The normalized spacial score (nSPS) is 12.1. The summed E-state index contributed by atoms with van der Waals surface area (Å²) >= 11 is 1.36. The van der Waals surface area contributed by atoms with Gasteiger partial charge in [-0.05, 0) is 50.6 Å². The molecule has 1 atom stereocenters. The van der Waals surface area contributed by atoms with Crippen molar-refractivity contribution in [2.45, 2.75) is 42.5 Å². The third-order valence-corrected chi connectivity index (χ3v) is 9.08. The molecule has 0 aliphatic carbocycles. The summed E-state index contributed by atoms with van der Waals surface area (Å²) in [5, 5.41) is 3.10. The molecule has 0 radical (unpaired) electrons. The van der Waals surface area contributed by atoms with Gasteiger partial charge in [-0.25, -0.2) is 28.1 Å². The molecule has 11 heteroatoms. The van der Waals surface area contributed by atoms with Crippen LogP contribution < -0.4 is 10.0 Å². The summed E-state index contributed by atoms with van der Waals surface area (Å²) in [6.45, 7) is 6.03. The number of imidazole rings is 1. The lowest BCUT2D eigenvalue weighted by Crippen LogP contribution is -2.24. The minimum absolute atomic E-state index is 0.0216. The Hall–Kier alpha value is -4.48. The Morgan fingerprint density at radius 2 is 1.48 bits per heavy atom. The third-order valence-electron chi connectivity index (χ3n) is 6.49. The fourth-order valence-corrected chi connectivity index (χ4v) is 6.05. The largest absolute Gasteiger partial charge is 0.332 e. The summed E-state index contributed by atoms with van der Waals surface area (Å²) in [5.41, 5.74) is 6.52. The first-order valence-electron chi connectivity index (χ1n) is 13.3. The second-order valence-corrected chi connectivity index (χ2v) is 12.6. The first kappa shape index (κ1) is 29.0. The number of aromatic amines is 1. The van der Waals surface area contributed by atoms with E-state index in [1.54, 1.807) is 18.2 Å². The predicted octanol–water partition coefficient (Wildman–Crippen LogP) is 6.46. The van der Waals surface area contributed by atoms with Crippen LogP contribution in [0.1, 0.15) is 24.5 Å². The number of aromatic nitrogens is 4. The summed E-state index contributed by atoms with van der Waals surface area (Å²) in [7, 11) is -3.88. The molecule has 214 valence electrons. The van der Waals surface area contributed by atoms with E-state index in [4.69, 9.17) is 4.98 Å². The number of anilines is 2. The zero-order chi connectivity index (χ0) is 29.7. The number of aryl methyl sites for hydroxylation is 2. The Kier molecular flexibility index (Phi) is 8.69. The van der Waals surface area contributed by atoms with E-state index in [0.29, 0.717) is 17.3 Å². The van der Waals surface area contributed by atoms with E-state index in [0.717, 1.165) is 28.1 Å². The predicted molar refractivity (Wildman–Crippen MR) is 167 cm³/mol. The maximum atomic E-state index is 13.3. The number of H-pyrrole nitrogens is 1. The van der Waals surface area contributed by atoms with E-state index >= 15 is 0 Å². The van der Waals surface area contributed by atoms with E-state index in [1.807, 2.05) is 32.9 Å². The van der Waals surface area contributed by atoms with Gasteiger partial charge in [0.2, 0.25) is 11.9 Å². The molecule has 0 aliphatic rings. The highest BCUT2D eigenvalue weighted by Crippen LogP contribution is 2.35. The Bertz CT molecular complexity index is 1710. The van der Waals surface area contributed by atoms with E-state index in [1.165, 1.54) is 41.9 Å². The number of carbonyl (C=O) groups excluding carboxylic acids is 1. The van der Waals surface area contributed by atoms with Crippen LogP contribution in [0, 0.1) is 13.8 Å². The molecule has 0 saturated carbocycles. The fourth-order valence-electron chi connectivity index (χ4n) is 4.18. The smallest absolute Gasteiger partial charge is 0.264 e. The van der Waals surface area contributed by atoms with Crippen LogP contribution in [0.3, 0.4) is 0 Å². The average molecular weight is 599 g/mol. The molecule has 2 heterocycles. The molecule has 2 aromatic heterocycles. The van der Waals surface area contributed by atoms with Crippen molar-refractivity contribution in [3.05, 3.63) is 102 Å². The van der Waals surface area contributed by atoms with Crippen LogP contribution in [0.15, 0.2) is 101 Å². The molecule has 5 rings (SSSR count). The number of carbonyl (C=O) groups is 1. The molecule has 1 amide bonds. The molecule has 1 unspecified atom stereocenters. The monoisotopic (exact) mass is 598 g/mol. The van der Waals surface area contributed by atoms with E-state index < -0.39 is 15.3 Å². The molecular formula is C31H30N6O3S2. The minimum Gasteiger partial charge on any atom is -0.332 e. The summed E-state index contributed by atoms with van der Waals surface area (Å²) < 4.78 is 27.7. The first-order valence-corrected chi connectivity index (χ1v) is 15.7. The van der Waals surface area contributed by atoms with Crippen LogP contribution in [0.25, 0.3) is 22.5 Å². The number of benzene rings is 3. The number of thioether (sulfide) groups is 1. The second-order valence-electron chi connectivity index (χ2n) is 9.70. The first-order chi connectivity index (χ1) is 20.2. The molecule has 0 saturated heterocycles. The number of rotatable bonds is 10. The molecule has 0 aliphatic heterocycles. The van der Waals surface area contributed by atoms with E-state index in [9.17, 15) is 13.2 Å². The Labute approximate surface area is 249 Å². The van der Waals surface area contributed by atoms with Gasteiger partial charge >= 0.3 is 0 Å². The van der Waals surface area contributed by atoms with Crippen LogP contribution in [-0.4, -0.2) is 39.5 Å².